The number of carbonyl (C=O) groups is 2. The Labute approximate surface area is 90.9 Å². The highest BCUT2D eigenvalue weighted by Gasteiger charge is 2.23. The van der Waals surface area contributed by atoms with Crippen molar-refractivity contribution in [2.75, 3.05) is 5.32 Å². The molecule has 1 aliphatic heterocycles. The Kier molecular flexibility index (Phi) is 2.81. The Hall–Kier alpha value is -2.37. The van der Waals surface area contributed by atoms with E-state index < -0.39 is 11.9 Å². The molecule has 6 heteroatoms. The number of nitrogens with zero attached hydrogens (tertiary/aromatic N) is 1. The Morgan fingerprint density at radius 2 is 1.81 bits per heavy atom. The van der Waals surface area contributed by atoms with E-state index in [1.165, 1.54) is 6.20 Å². The average molecular weight is 220 g/mol. The summed E-state index contributed by atoms with van der Waals surface area (Å²) < 4.78 is 9.36. The van der Waals surface area contributed by atoms with Crippen LogP contribution in [-0.4, -0.2) is 16.9 Å². The molecule has 0 aromatic carbocycles. The maximum absolute atomic E-state index is 10.9. The van der Waals surface area contributed by atoms with Gasteiger partial charge in [0.2, 0.25) is 0 Å². The fourth-order valence-corrected chi connectivity index (χ4v) is 1.08. The maximum Gasteiger partial charge on any atom is 0.324 e. The van der Waals surface area contributed by atoms with E-state index in [0.29, 0.717) is 0 Å². The van der Waals surface area contributed by atoms with Crippen molar-refractivity contribution in [3.63, 3.8) is 0 Å². The number of pyridine rings is 1. The lowest BCUT2D eigenvalue weighted by molar-refractivity contribution is -0.167. The molecular formula is C10H8N2O4. The lowest BCUT2D eigenvalue weighted by atomic mass is 10.4. The molecule has 2 heterocycles. The van der Waals surface area contributed by atoms with Gasteiger partial charge in [-0.05, 0) is 12.1 Å². The molecule has 1 aromatic heterocycles. The highest BCUT2D eigenvalue weighted by Crippen LogP contribution is 2.12. The largest absolute Gasteiger partial charge is 0.391 e. The van der Waals surface area contributed by atoms with Gasteiger partial charge < -0.3 is 14.8 Å². The fourth-order valence-electron chi connectivity index (χ4n) is 1.08. The summed E-state index contributed by atoms with van der Waals surface area (Å²) in [7, 11) is 0. The SMILES string of the molecule is O=C1CC(=O)OC(=CNc2ccncc2)O1. The van der Waals surface area contributed by atoms with Crippen LogP contribution in [0.5, 0.6) is 0 Å². The molecule has 0 aliphatic carbocycles. The van der Waals surface area contributed by atoms with Gasteiger partial charge in [0, 0.05) is 18.1 Å². The van der Waals surface area contributed by atoms with Crippen LogP contribution in [0.15, 0.2) is 36.7 Å². The van der Waals surface area contributed by atoms with Crippen LogP contribution in [0.4, 0.5) is 5.69 Å². The number of anilines is 1. The van der Waals surface area contributed by atoms with Crippen LogP contribution in [0.3, 0.4) is 0 Å². The molecule has 0 saturated carbocycles. The molecule has 0 radical (unpaired) electrons. The number of ether oxygens (including phenoxy) is 2. The molecule has 1 fully saturated rings. The standard InChI is InChI=1S/C10H8N2O4/c13-8-5-9(14)16-10(15-8)6-12-7-1-3-11-4-2-7/h1-4,6H,5H2,(H,11,12). The summed E-state index contributed by atoms with van der Waals surface area (Å²) in [5, 5.41) is 2.80. The van der Waals surface area contributed by atoms with E-state index in [1.807, 2.05) is 0 Å². The zero-order valence-corrected chi connectivity index (χ0v) is 8.17. The number of rotatable bonds is 2. The molecule has 82 valence electrons. The monoisotopic (exact) mass is 220 g/mol. The number of hydrogen-bond acceptors (Lipinski definition) is 6. The first kappa shape index (κ1) is 10.2. The first-order valence-corrected chi connectivity index (χ1v) is 4.52. The number of carbonyl (C=O) groups excluding carboxylic acids is 2. The molecular weight excluding hydrogens is 212 g/mol. The van der Waals surface area contributed by atoms with Crippen LogP contribution < -0.4 is 5.32 Å². The minimum Gasteiger partial charge on any atom is -0.391 e. The van der Waals surface area contributed by atoms with Crippen LogP contribution in [-0.2, 0) is 19.1 Å². The van der Waals surface area contributed by atoms with Crippen molar-refractivity contribution >= 4 is 17.6 Å². The van der Waals surface area contributed by atoms with Crippen molar-refractivity contribution in [2.45, 2.75) is 6.42 Å². The molecule has 0 spiro atoms. The van der Waals surface area contributed by atoms with E-state index in [-0.39, 0.29) is 12.4 Å². The predicted octanol–water partition coefficient (Wildman–Crippen LogP) is 0.782. The van der Waals surface area contributed by atoms with Crippen molar-refractivity contribution in [1.29, 1.82) is 0 Å². The summed E-state index contributed by atoms with van der Waals surface area (Å²) in [6, 6.07) is 3.42. The molecule has 0 unspecified atom stereocenters. The molecule has 0 amide bonds. The molecule has 6 nitrogen and oxygen atoms in total. The average Bonchev–Trinajstić information content (AvgIpc) is 2.27. The van der Waals surface area contributed by atoms with Crippen molar-refractivity contribution in [3.05, 3.63) is 36.7 Å². The molecule has 1 N–H and O–H groups in total. The molecule has 16 heavy (non-hydrogen) atoms. The third kappa shape index (κ3) is 2.57. The molecule has 1 aliphatic rings. The highest BCUT2D eigenvalue weighted by molar-refractivity contribution is 5.93. The van der Waals surface area contributed by atoms with Crippen LogP contribution in [0, 0.1) is 0 Å². The van der Waals surface area contributed by atoms with Gasteiger partial charge in [-0.3, -0.25) is 14.6 Å². The summed E-state index contributed by atoms with van der Waals surface area (Å²) in [6.45, 7) is 0. The molecule has 1 saturated heterocycles. The number of hydrogen-bond donors (Lipinski definition) is 1. The Bertz CT molecular complexity index is 423. The summed E-state index contributed by atoms with van der Waals surface area (Å²) in [6.07, 6.45) is 4.14. The van der Waals surface area contributed by atoms with Gasteiger partial charge in [-0.25, -0.2) is 0 Å². The third-order valence-corrected chi connectivity index (χ3v) is 1.75. The van der Waals surface area contributed by atoms with Crippen molar-refractivity contribution in [3.8, 4) is 0 Å². The Morgan fingerprint density at radius 3 is 2.44 bits per heavy atom. The second kappa shape index (κ2) is 4.43. The molecule has 2 rings (SSSR count). The van der Waals surface area contributed by atoms with E-state index in [4.69, 9.17) is 0 Å². The number of cyclic esters (lactones) is 2. The van der Waals surface area contributed by atoms with Gasteiger partial charge in [0.05, 0.1) is 6.20 Å². The fraction of sp³-hybridized carbons (Fsp3) is 0.100. The van der Waals surface area contributed by atoms with Crippen LogP contribution >= 0.6 is 0 Å². The van der Waals surface area contributed by atoms with Gasteiger partial charge in [-0.15, -0.1) is 0 Å². The topological polar surface area (TPSA) is 77.5 Å². The van der Waals surface area contributed by atoms with E-state index in [9.17, 15) is 9.59 Å². The van der Waals surface area contributed by atoms with E-state index in [0.717, 1.165) is 5.69 Å². The van der Waals surface area contributed by atoms with Crippen LogP contribution in [0.1, 0.15) is 6.42 Å². The summed E-state index contributed by atoms with van der Waals surface area (Å²) in [4.78, 5) is 25.6. The van der Waals surface area contributed by atoms with Gasteiger partial charge in [-0.1, -0.05) is 0 Å². The van der Waals surface area contributed by atoms with Crippen LogP contribution in [0.25, 0.3) is 0 Å². The quantitative estimate of drug-likeness (QED) is 0.586. The van der Waals surface area contributed by atoms with Gasteiger partial charge in [0.25, 0.3) is 0 Å². The minimum atomic E-state index is -0.626. The minimum absolute atomic E-state index is 0.155. The second-order valence-corrected chi connectivity index (χ2v) is 2.97. The zero-order chi connectivity index (χ0) is 11.4. The molecule has 1 aromatic rings. The first-order chi connectivity index (χ1) is 7.74. The number of aromatic nitrogens is 1. The Balaban J connectivity index is 2.02. The highest BCUT2D eigenvalue weighted by atomic mass is 16.7. The van der Waals surface area contributed by atoms with Crippen LogP contribution in [0.2, 0.25) is 0 Å². The maximum atomic E-state index is 10.9. The van der Waals surface area contributed by atoms with E-state index in [1.54, 1.807) is 24.5 Å². The lowest BCUT2D eigenvalue weighted by Crippen LogP contribution is -2.22. The molecule has 0 atom stereocenters. The first-order valence-electron chi connectivity index (χ1n) is 4.52. The van der Waals surface area contributed by atoms with Crippen molar-refractivity contribution in [2.24, 2.45) is 0 Å². The lowest BCUT2D eigenvalue weighted by Gasteiger charge is -2.13. The van der Waals surface area contributed by atoms with Gasteiger partial charge in [0.15, 0.2) is 0 Å². The second-order valence-electron chi connectivity index (χ2n) is 2.97. The van der Waals surface area contributed by atoms with E-state index in [2.05, 4.69) is 19.8 Å². The van der Waals surface area contributed by atoms with Crippen molar-refractivity contribution < 1.29 is 19.1 Å². The zero-order valence-electron chi connectivity index (χ0n) is 8.17. The summed E-state index contributed by atoms with van der Waals surface area (Å²) in [5.74, 6) is -1.41. The van der Waals surface area contributed by atoms with Gasteiger partial charge >= 0.3 is 17.9 Å². The number of nitrogens with one attached hydrogen (secondary N) is 1. The van der Waals surface area contributed by atoms with Gasteiger partial charge in [-0.2, -0.15) is 0 Å². The van der Waals surface area contributed by atoms with E-state index >= 15 is 0 Å². The molecule has 0 bridgehead atoms. The summed E-state index contributed by atoms with van der Waals surface area (Å²) in [5.41, 5.74) is 0.736. The smallest absolute Gasteiger partial charge is 0.324 e. The summed E-state index contributed by atoms with van der Waals surface area (Å²) >= 11 is 0. The third-order valence-electron chi connectivity index (χ3n) is 1.75. The normalized spacial score (nSPS) is 15.1. The predicted molar refractivity (Wildman–Crippen MR) is 52.7 cm³/mol. The van der Waals surface area contributed by atoms with Crippen molar-refractivity contribution in [1.82, 2.24) is 4.98 Å². The Morgan fingerprint density at radius 1 is 1.19 bits per heavy atom. The number of esters is 2. The van der Waals surface area contributed by atoms with Gasteiger partial charge in [0.1, 0.15) is 6.42 Å².